The molecular formula is C22H21BrClN3O2. The largest absolute Gasteiger partial charge is 0.382 e. The maximum Gasteiger partial charge on any atom is 0.224 e. The first-order valence-electron chi connectivity index (χ1n) is 9.29. The third kappa shape index (κ3) is 5.85. The van der Waals surface area contributed by atoms with Gasteiger partial charge in [0.1, 0.15) is 6.10 Å². The molecule has 0 aliphatic rings. The van der Waals surface area contributed by atoms with Gasteiger partial charge in [-0.3, -0.25) is 14.8 Å². The van der Waals surface area contributed by atoms with Gasteiger partial charge in [0, 0.05) is 29.7 Å². The van der Waals surface area contributed by atoms with Crippen molar-refractivity contribution in [2.45, 2.75) is 25.4 Å². The summed E-state index contributed by atoms with van der Waals surface area (Å²) in [5, 5.41) is 15.1. The van der Waals surface area contributed by atoms with E-state index in [1.165, 1.54) is 6.20 Å². The smallest absolute Gasteiger partial charge is 0.224 e. The number of nitrogens with one attached hydrogen (secondary N) is 1. The van der Waals surface area contributed by atoms with E-state index in [4.69, 9.17) is 11.6 Å². The Morgan fingerprint density at radius 1 is 1.14 bits per heavy atom. The molecule has 0 bridgehead atoms. The molecule has 7 heteroatoms. The van der Waals surface area contributed by atoms with Crippen molar-refractivity contribution in [3.8, 4) is 11.3 Å². The molecule has 0 fully saturated rings. The Balaban J connectivity index is 1.83. The van der Waals surface area contributed by atoms with Gasteiger partial charge < -0.3 is 10.4 Å². The SMILES string of the molecule is O=C(CCCCBr)Nc1ccccc1-c1cc(C(O)c2ccc(Cl)cn2)ccn1. The number of hydrogen-bond donors (Lipinski definition) is 2. The van der Waals surface area contributed by atoms with Crippen LogP contribution in [0.2, 0.25) is 5.02 Å². The predicted molar refractivity (Wildman–Crippen MR) is 119 cm³/mol. The standard InChI is InChI=1S/C22H21BrClN3O2/c23-11-4-3-7-21(28)27-18-6-2-1-5-17(18)20-13-15(10-12-25-20)22(29)19-9-8-16(24)14-26-19/h1-2,5-6,8-10,12-14,22,29H,3-4,7,11H2,(H,27,28). The number of unbranched alkanes of at least 4 members (excludes halogenated alkanes) is 1. The Hall–Kier alpha value is -2.28. The fourth-order valence-corrected chi connectivity index (χ4v) is 3.40. The summed E-state index contributed by atoms with van der Waals surface area (Å²) >= 11 is 9.25. The molecule has 0 saturated carbocycles. The molecule has 29 heavy (non-hydrogen) atoms. The van der Waals surface area contributed by atoms with Gasteiger partial charge in [0.2, 0.25) is 5.91 Å². The second kappa shape index (κ2) is 10.5. The summed E-state index contributed by atoms with van der Waals surface area (Å²) in [5.74, 6) is -0.0278. The van der Waals surface area contributed by atoms with Gasteiger partial charge in [-0.25, -0.2) is 0 Å². The molecule has 0 aliphatic heterocycles. The second-order valence-corrected chi connectivity index (χ2v) is 7.75. The normalized spacial score (nSPS) is 11.8. The molecule has 3 rings (SSSR count). The maximum absolute atomic E-state index is 12.3. The lowest BCUT2D eigenvalue weighted by Gasteiger charge is -2.14. The van der Waals surface area contributed by atoms with Crippen molar-refractivity contribution in [2.75, 3.05) is 10.6 Å². The predicted octanol–water partition coefficient (Wildman–Crippen LogP) is 5.38. The minimum absolute atomic E-state index is 0.0278. The van der Waals surface area contributed by atoms with Gasteiger partial charge in [-0.2, -0.15) is 0 Å². The molecule has 3 aromatic rings. The molecule has 2 N–H and O–H groups in total. The first-order chi connectivity index (χ1) is 14.1. The van der Waals surface area contributed by atoms with E-state index in [9.17, 15) is 9.90 Å². The van der Waals surface area contributed by atoms with Gasteiger partial charge in [0.25, 0.3) is 0 Å². The zero-order chi connectivity index (χ0) is 20.6. The van der Waals surface area contributed by atoms with Crippen LogP contribution < -0.4 is 5.32 Å². The maximum atomic E-state index is 12.3. The van der Waals surface area contributed by atoms with Crippen molar-refractivity contribution in [3.05, 3.63) is 77.2 Å². The quantitative estimate of drug-likeness (QED) is 0.339. The van der Waals surface area contributed by atoms with Crippen molar-refractivity contribution in [1.82, 2.24) is 9.97 Å². The van der Waals surface area contributed by atoms with Crippen molar-refractivity contribution in [1.29, 1.82) is 0 Å². The van der Waals surface area contributed by atoms with Crippen LogP contribution in [0.3, 0.4) is 0 Å². The monoisotopic (exact) mass is 473 g/mol. The molecule has 150 valence electrons. The van der Waals surface area contributed by atoms with Gasteiger partial charge in [-0.1, -0.05) is 45.7 Å². The van der Waals surface area contributed by atoms with E-state index in [-0.39, 0.29) is 5.91 Å². The third-order valence-electron chi connectivity index (χ3n) is 4.39. The minimum atomic E-state index is -0.903. The number of halogens is 2. The average molecular weight is 475 g/mol. The summed E-state index contributed by atoms with van der Waals surface area (Å²) in [4.78, 5) is 20.9. The molecule has 1 amide bonds. The van der Waals surface area contributed by atoms with Crippen molar-refractivity contribution in [3.63, 3.8) is 0 Å². The molecular weight excluding hydrogens is 454 g/mol. The van der Waals surface area contributed by atoms with Crippen LogP contribution in [0.25, 0.3) is 11.3 Å². The Morgan fingerprint density at radius 3 is 2.72 bits per heavy atom. The zero-order valence-electron chi connectivity index (χ0n) is 15.7. The summed E-state index contributed by atoms with van der Waals surface area (Å²) in [6.07, 6.45) is 4.48. The summed E-state index contributed by atoms with van der Waals surface area (Å²) in [7, 11) is 0. The molecule has 2 aromatic heterocycles. The number of benzene rings is 1. The fourth-order valence-electron chi connectivity index (χ4n) is 2.89. The number of alkyl halides is 1. The molecule has 2 heterocycles. The number of aromatic nitrogens is 2. The Bertz CT molecular complexity index is 966. The van der Waals surface area contributed by atoms with E-state index in [0.29, 0.717) is 34.1 Å². The molecule has 0 spiro atoms. The molecule has 1 unspecified atom stereocenters. The lowest BCUT2D eigenvalue weighted by Crippen LogP contribution is -2.12. The average Bonchev–Trinajstić information content (AvgIpc) is 2.74. The number of rotatable bonds is 8. The highest BCUT2D eigenvalue weighted by atomic mass is 79.9. The number of hydrogen-bond acceptors (Lipinski definition) is 4. The topological polar surface area (TPSA) is 75.1 Å². The van der Waals surface area contributed by atoms with E-state index in [2.05, 4.69) is 31.2 Å². The van der Waals surface area contributed by atoms with Crippen molar-refractivity contribution < 1.29 is 9.90 Å². The van der Waals surface area contributed by atoms with Gasteiger partial charge in [0.05, 0.1) is 22.1 Å². The van der Waals surface area contributed by atoms with E-state index in [0.717, 1.165) is 23.7 Å². The van der Waals surface area contributed by atoms with Crippen LogP contribution in [-0.4, -0.2) is 26.3 Å². The number of aliphatic hydroxyl groups is 1. The second-order valence-electron chi connectivity index (χ2n) is 6.52. The lowest BCUT2D eigenvalue weighted by molar-refractivity contribution is -0.116. The number of amides is 1. The fraction of sp³-hybridized carbons (Fsp3) is 0.227. The number of aliphatic hydroxyl groups excluding tert-OH is 1. The van der Waals surface area contributed by atoms with E-state index in [1.54, 1.807) is 30.5 Å². The van der Waals surface area contributed by atoms with Gasteiger partial charge in [-0.15, -0.1) is 0 Å². The first kappa shape index (κ1) is 21.4. The van der Waals surface area contributed by atoms with Crippen LogP contribution in [0.15, 0.2) is 60.9 Å². The van der Waals surface area contributed by atoms with Crippen LogP contribution in [0.1, 0.15) is 36.6 Å². The van der Waals surface area contributed by atoms with Crippen LogP contribution in [0.4, 0.5) is 5.69 Å². The van der Waals surface area contributed by atoms with Crippen LogP contribution in [-0.2, 0) is 4.79 Å². The van der Waals surface area contributed by atoms with Crippen LogP contribution in [0, 0.1) is 0 Å². The van der Waals surface area contributed by atoms with E-state index < -0.39 is 6.10 Å². The molecule has 0 aliphatic carbocycles. The van der Waals surface area contributed by atoms with Gasteiger partial charge >= 0.3 is 0 Å². The highest BCUT2D eigenvalue weighted by molar-refractivity contribution is 9.09. The summed E-state index contributed by atoms with van der Waals surface area (Å²) in [6.45, 7) is 0. The first-order valence-corrected chi connectivity index (χ1v) is 10.8. The third-order valence-corrected chi connectivity index (χ3v) is 5.18. The number of para-hydroxylation sites is 1. The molecule has 1 aromatic carbocycles. The summed E-state index contributed by atoms with van der Waals surface area (Å²) in [6, 6.07) is 14.4. The van der Waals surface area contributed by atoms with Crippen LogP contribution in [0.5, 0.6) is 0 Å². The Labute approximate surface area is 183 Å². The number of anilines is 1. The van der Waals surface area contributed by atoms with Crippen molar-refractivity contribution >= 4 is 39.1 Å². The molecule has 5 nitrogen and oxygen atoms in total. The van der Waals surface area contributed by atoms with Gasteiger partial charge in [-0.05, 0) is 48.7 Å². The Morgan fingerprint density at radius 2 is 1.97 bits per heavy atom. The zero-order valence-corrected chi connectivity index (χ0v) is 18.0. The van der Waals surface area contributed by atoms with E-state index in [1.807, 2.05) is 24.3 Å². The number of carbonyl (C=O) groups excluding carboxylic acids is 1. The number of carbonyl (C=O) groups is 1. The summed E-state index contributed by atoms with van der Waals surface area (Å²) in [5.41, 5.74) is 3.30. The molecule has 0 saturated heterocycles. The highest BCUT2D eigenvalue weighted by Gasteiger charge is 2.15. The molecule has 1 atom stereocenters. The Kier molecular flexibility index (Phi) is 7.75. The number of nitrogens with zero attached hydrogens (tertiary/aromatic N) is 2. The minimum Gasteiger partial charge on any atom is -0.382 e. The highest BCUT2D eigenvalue weighted by Crippen LogP contribution is 2.29. The molecule has 0 radical (unpaired) electrons. The van der Waals surface area contributed by atoms with Crippen molar-refractivity contribution in [2.24, 2.45) is 0 Å². The lowest BCUT2D eigenvalue weighted by atomic mass is 10.0. The van der Waals surface area contributed by atoms with E-state index >= 15 is 0 Å². The number of pyridine rings is 2. The van der Waals surface area contributed by atoms with Crippen LogP contribution >= 0.6 is 27.5 Å². The summed E-state index contributed by atoms with van der Waals surface area (Å²) < 4.78 is 0. The van der Waals surface area contributed by atoms with Gasteiger partial charge in [0.15, 0.2) is 0 Å².